The van der Waals surface area contributed by atoms with Gasteiger partial charge in [0.05, 0.1) is 12.2 Å². The average molecular weight is 443 g/mol. The van der Waals surface area contributed by atoms with Crippen molar-refractivity contribution in [2.45, 2.75) is 44.0 Å². The lowest BCUT2D eigenvalue weighted by molar-refractivity contribution is -0.143. The molecule has 2 aliphatic heterocycles. The van der Waals surface area contributed by atoms with E-state index >= 15 is 0 Å². The molecule has 2 aromatic rings. The monoisotopic (exact) mass is 442 g/mol. The number of carbonyl (C=O) groups excluding carboxylic acids is 2. The van der Waals surface area contributed by atoms with E-state index in [1.54, 1.807) is 4.90 Å². The van der Waals surface area contributed by atoms with Crippen molar-refractivity contribution in [2.24, 2.45) is 5.92 Å². The second-order valence-electron chi connectivity index (χ2n) is 8.58. The second kappa shape index (κ2) is 7.62. The Balaban J connectivity index is 1.60. The first-order chi connectivity index (χ1) is 14.9. The van der Waals surface area contributed by atoms with Gasteiger partial charge in [-0.2, -0.15) is 0 Å². The van der Waals surface area contributed by atoms with Crippen molar-refractivity contribution >= 4 is 29.3 Å². The van der Waals surface area contributed by atoms with Crippen LogP contribution >= 0.6 is 11.8 Å². The van der Waals surface area contributed by atoms with Gasteiger partial charge in [0.15, 0.2) is 4.87 Å². The minimum atomic E-state index is -1.15. The lowest BCUT2D eigenvalue weighted by atomic mass is 10.00. The van der Waals surface area contributed by atoms with Crippen molar-refractivity contribution in [3.05, 3.63) is 64.7 Å². The van der Waals surface area contributed by atoms with Crippen molar-refractivity contribution in [1.29, 1.82) is 0 Å². The first kappa shape index (κ1) is 20.5. The average Bonchev–Trinajstić information content (AvgIpc) is 3.47. The highest BCUT2D eigenvalue weighted by Crippen LogP contribution is 2.55. The summed E-state index contributed by atoms with van der Waals surface area (Å²) < 4.78 is 28.8. The number of benzene rings is 2. The van der Waals surface area contributed by atoms with Gasteiger partial charge in [0.25, 0.3) is 5.91 Å². The zero-order valence-electron chi connectivity index (χ0n) is 17.4. The molecule has 1 saturated heterocycles. The Labute approximate surface area is 184 Å². The number of hydrogen-bond acceptors (Lipinski definition) is 3. The van der Waals surface area contributed by atoms with Crippen LogP contribution in [0.2, 0.25) is 0 Å². The van der Waals surface area contributed by atoms with Crippen LogP contribution in [0.3, 0.4) is 0 Å². The molecule has 0 bridgehead atoms. The van der Waals surface area contributed by atoms with Gasteiger partial charge in [-0.05, 0) is 38.0 Å². The maximum atomic E-state index is 14.4. The van der Waals surface area contributed by atoms with E-state index in [-0.39, 0.29) is 29.8 Å². The zero-order valence-corrected chi connectivity index (χ0v) is 18.2. The van der Waals surface area contributed by atoms with Crippen LogP contribution in [-0.4, -0.2) is 29.0 Å². The van der Waals surface area contributed by atoms with Crippen LogP contribution in [0.15, 0.2) is 36.4 Å². The van der Waals surface area contributed by atoms with Crippen molar-refractivity contribution in [3.8, 4) is 0 Å². The summed E-state index contributed by atoms with van der Waals surface area (Å²) in [6, 6.07) is 9.37. The molecule has 0 aromatic heterocycles. The van der Waals surface area contributed by atoms with Gasteiger partial charge in [0, 0.05) is 29.3 Å². The predicted octanol–water partition coefficient (Wildman–Crippen LogP) is 4.74. The Bertz CT molecular complexity index is 1050. The number of amides is 2. The van der Waals surface area contributed by atoms with Gasteiger partial charge < -0.3 is 9.80 Å². The summed E-state index contributed by atoms with van der Waals surface area (Å²) >= 11 is 1.46. The summed E-state index contributed by atoms with van der Waals surface area (Å²) in [7, 11) is 0. The Kier molecular flexibility index (Phi) is 5.04. The molecule has 2 heterocycles. The maximum absolute atomic E-state index is 14.4. The third-order valence-corrected chi connectivity index (χ3v) is 8.12. The first-order valence-corrected chi connectivity index (χ1v) is 11.7. The topological polar surface area (TPSA) is 40.6 Å². The molecule has 1 aliphatic carbocycles. The number of anilines is 1. The van der Waals surface area contributed by atoms with Crippen molar-refractivity contribution in [2.75, 3.05) is 17.2 Å². The standard InChI is InChI=1S/C24H24F2N2O2S/c1-15-9-10-21-18(13-15)24(28(11-12-31-24)22(29)16-5-2-3-6-16)23(30)27(21)14-17-19(25)7-4-8-20(17)26/h4,7-10,13,16H,2-3,5-6,11-12,14H2,1H3/t24-/m1/s1. The van der Waals surface area contributed by atoms with Gasteiger partial charge >= 0.3 is 0 Å². The molecule has 31 heavy (non-hydrogen) atoms. The third-order valence-electron chi connectivity index (χ3n) is 6.70. The molecule has 2 aromatic carbocycles. The maximum Gasteiger partial charge on any atom is 0.268 e. The van der Waals surface area contributed by atoms with Crippen LogP contribution in [0.5, 0.6) is 0 Å². The molecular weight excluding hydrogens is 418 g/mol. The van der Waals surface area contributed by atoms with Gasteiger partial charge in [-0.1, -0.05) is 36.6 Å². The Morgan fingerprint density at radius 3 is 2.58 bits per heavy atom. The van der Waals surface area contributed by atoms with E-state index in [2.05, 4.69) is 0 Å². The van der Waals surface area contributed by atoms with Gasteiger partial charge in [0.2, 0.25) is 5.91 Å². The molecule has 1 saturated carbocycles. The van der Waals surface area contributed by atoms with E-state index in [9.17, 15) is 18.4 Å². The van der Waals surface area contributed by atoms with Crippen LogP contribution in [-0.2, 0) is 21.0 Å². The molecule has 0 unspecified atom stereocenters. The van der Waals surface area contributed by atoms with Gasteiger partial charge in [-0.3, -0.25) is 9.59 Å². The highest BCUT2D eigenvalue weighted by molar-refractivity contribution is 8.01. The van der Waals surface area contributed by atoms with Crippen LogP contribution in [0.1, 0.15) is 42.4 Å². The van der Waals surface area contributed by atoms with E-state index in [1.165, 1.54) is 34.9 Å². The number of fused-ring (bicyclic) bond motifs is 2. The Morgan fingerprint density at radius 2 is 1.87 bits per heavy atom. The predicted molar refractivity (Wildman–Crippen MR) is 117 cm³/mol. The molecule has 7 heteroatoms. The minimum Gasteiger partial charge on any atom is -0.315 e. The normalized spacial score (nSPS) is 23.3. The van der Waals surface area contributed by atoms with Crippen molar-refractivity contribution < 1.29 is 18.4 Å². The quantitative estimate of drug-likeness (QED) is 0.690. The first-order valence-electron chi connectivity index (χ1n) is 10.7. The molecule has 4 nitrogen and oxygen atoms in total. The lowest BCUT2D eigenvalue weighted by Crippen LogP contribution is -2.51. The van der Waals surface area contributed by atoms with Gasteiger partial charge in [-0.15, -0.1) is 11.8 Å². The number of nitrogens with zero attached hydrogens (tertiary/aromatic N) is 2. The van der Waals surface area contributed by atoms with E-state index in [0.717, 1.165) is 36.8 Å². The van der Waals surface area contributed by atoms with Gasteiger partial charge in [0.1, 0.15) is 11.6 Å². The van der Waals surface area contributed by atoms with Gasteiger partial charge in [-0.25, -0.2) is 8.78 Å². The fourth-order valence-electron chi connectivity index (χ4n) is 5.14. The zero-order chi connectivity index (χ0) is 21.8. The fraction of sp³-hybridized carbons (Fsp3) is 0.417. The van der Waals surface area contributed by atoms with Crippen LogP contribution in [0.25, 0.3) is 0 Å². The molecular formula is C24H24F2N2O2S. The molecule has 0 N–H and O–H groups in total. The molecule has 2 amide bonds. The highest BCUT2D eigenvalue weighted by Gasteiger charge is 2.60. The van der Waals surface area contributed by atoms with E-state index < -0.39 is 16.5 Å². The van der Waals surface area contributed by atoms with E-state index in [4.69, 9.17) is 0 Å². The lowest BCUT2D eigenvalue weighted by Gasteiger charge is -2.35. The second-order valence-corrected chi connectivity index (χ2v) is 9.86. The largest absolute Gasteiger partial charge is 0.315 e. The molecule has 0 radical (unpaired) electrons. The Hall–Kier alpha value is -2.41. The number of carbonyl (C=O) groups is 2. The van der Waals surface area contributed by atoms with Crippen LogP contribution < -0.4 is 4.90 Å². The molecule has 2 fully saturated rings. The number of aryl methyl sites for hydroxylation is 1. The van der Waals surface area contributed by atoms with Crippen LogP contribution in [0, 0.1) is 24.5 Å². The summed E-state index contributed by atoms with van der Waals surface area (Å²) in [5, 5.41) is 0. The molecule has 3 aliphatic rings. The summed E-state index contributed by atoms with van der Waals surface area (Å²) in [6.07, 6.45) is 3.78. The fourth-order valence-corrected chi connectivity index (χ4v) is 6.60. The number of hydrogen-bond donors (Lipinski definition) is 0. The molecule has 1 spiro atoms. The number of halogens is 2. The molecule has 5 rings (SSSR count). The molecule has 1 atom stereocenters. The number of thioether (sulfide) groups is 1. The third kappa shape index (κ3) is 3.08. The van der Waals surface area contributed by atoms with Crippen molar-refractivity contribution in [3.63, 3.8) is 0 Å². The summed E-state index contributed by atoms with van der Waals surface area (Å²) in [5.41, 5.74) is 2.21. The van der Waals surface area contributed by atoms with E-state index in [0.29, 0.717) is 18.0 Å². The summed E-state index contributed by atoms with van der Waals surface area (Å²) in [4.78, 5) is 29.4. The molecule has 162 valence electrons. The SMILES string of the molecule is Cc1ccc2c(c1)[C@@]1(SCCN1C(=O)C1CCCC1)C(=O)N2Cc1c(F)cccc1F. The smallest absolute Gasteiger partial charge is 0.268 e. The van der Waals surface area contributed by atoms with Crippen molar-refractivity contribution in [1.82, 2.24) is 4.90 Å². The Morgan fingerprint density at radius 1 is 1.16 bits per heavy atom. The highest BCUT2D eigenvalue weighted by atomic mass is 32.2. The summed E-state index contributed by atoms with van der Waals surface area (Å²) in [6.45, 7) is 2.24. The number of rotatable bonds is 3. The summed E-state index contributed by atoms with van der Waals surface area (Å²) in [5.74, 6) is -1.01. The minimum absolute atomic E-state index is 0.0298. The van der Waals surface area contributed by atoms with E-state index in [1.807, 2.05) is 25.1 Å². The van der Waals surface area contributed by atoms with Crippen LogP contribution in [0.4, 0.5) is 14.5 Å².